The topological polar surface area (TPSA) is 67.9 Å². The number of aromatic amines is 1. The average molecular weight is 383 g/mol. The Kier molecular flexibility index (Phi) is 4.31. The average Bonchev–Trinajstić information content (AvgIpc) is 2.67. The first kappa shape index (κ1) is 17.7. The van der Waals surface area contributed by atoms with Crippen molar-refractivity contribution < 1.29 is 17.9 Å². The summed E-state index contributed by atoms with van der Waals surface area (Å²) in [5, 5.41) is 0.0921. The molecule has 1 N–H and O–H groups in total. The molecule has 8 heteroatoms. The first-order chi connectivity index (χ1) is 13.5. The van der Waals surface area contributed by atoms with E-state index in [9.17, 15) is 18.0 Å². The Hall–Kier alpha value is -3.68. The van der Waals surface area contributed by atoms with Crippen LogP contribution in [0.5, 0.6) is 6.01 Å². The molecule has 0 aliphatic carbocycles. The van der Waals surface area contributed by atoms with Crippen LogP contribution >= 0.6 is 0 Å². The van der Waals surface area contributed by atoms with Crippen molar-refractivity contribution in [1.29, 1.82) is 0 Å². The van der Waals surface area contributed by atoms with Crippen molar-refractivity contribution >= 4 is 11.0 Å². The van der Waals surface area contributed by atoms with Gasteiger partial charge in [0.1, 0.15) is 23.1 Å². The number of ether oxygens (including phenoxy) is 1. The van der Waals surface area contributed by atoms with E-state index in [1.54, 1.807) is 6.07 Å². The summed E-state index contributed by atoms with van der Waals surface area (Å²) in [6, 6.07) is 10.0. The molecule has 0 radical (unpaired) electrons. The van der Waals surface area contributed by atoms with Crippen LogP contribution in [0.25, 0.3) is 33.4 Å². The normalized spacial score (nSPS) is 11.0. The minimum atomic E-state index is -0.873. The molecule has 2 heterocycles. The van der Waals surface area contributed by atoms with Crippen molar-refractivity contribution in [2.45, 2.75) is 0 Å². The smallest absolute Gasteiger partial charge is 0.318 e. The molecule has 0 amide bonds. The van der Waals surface area contributed by atoms with Crippen LogP contribution in [0, 0.1) is 17.5 Å². The van der Waals surface area contributed by atoms with Gasteiger partial charge in [-0.2, -0.15) is 9.97 Å². The van der Waals surface area contributed by atoms with Crippen molar-refractivity contribution in [2.75, 3.05) is 7.11 Å². The highest BCUT2D eigenvalue weighted by Gasteiger charge is 2.22. The number of fused-ring (bicyclic) bond motifs is 1. The van der Waals surface area contributed by atoms with Gasteiger partial charge in [-0.3, -0.25) is 4.79 Å². The monoisotopic (exact) mass is 383 g/mol. The maximum atomic E-state index is 14.5. The van der Waals surface area contributed by atoms with Crippen molar-refractivity contribution in [1.82, 2.24) is 15.0 Å². The van der Waals surface area contributed by atoms with Crippen LogP contribution in [0.15, 0.2) is 53.3 Å². The molecule has 0 unspecified atom stereocenters. The molecule has 0 aliphatic rings. The van der Waals surface area contributed by atoms with E-state index in [1.807, 2.05) is 0 Å². The standard InChI is InChI=1S/C20H12F3N3O2/c1-28-20-25-18(10-5-2-3-6-12(10)21)17-11(9-15(27)24-19(17)26-20)16-13(22)7-4-8-14(16)23/h2-9H,1H3,(H,24,25,26,27). The Balaban J connectivity index is 2.21. The number of pyridine rings is 1. The van der Waals surface area contributed by atoms with Crippen LogP contribution in [-0.2, 0) is 0 Å². The van der Waals surface area contributed by atoms with E-state index in [0.29, 0.717) is 0 Å². The van der Waals surface area contributed by atoms with E-state index in [-0.39, 0.29) is 33.9 Å². The number of H-pyrrole nitrogens is 1. The molecule has 28 heavy (non-hydrogen) atoms. The van der Waals surface area contributed by atoms with Crippen LogP contribution in [0.2, 0.25) is 0 Å². The number of benzene rings is 2. The highest BCUT2D eigenvalue weighted by Crippen LogP contribution is 2.37. The lowest BCUT2D eigenvalue weighted by Crippen LogP contribution is -2.09. The van der Waals surface area contributed by atoms with Crippen LogP contribution in [0.1, 0.15) is 0 Å². The van der Waals surface area contributed by atoms with Gasteiger partial charge in [-0.05, 0) is 24.3 Å². The van der Waals surface area contributed by atoms with Crippen molar-refractivity contribution in [3.05, 3.63) is 76.3 Å². The van der Waals surface area contributed by atoms with Gasteiger partial charge < -0.3 is 9.72 Å². The fourth-order valence-corrected chi connectivity index (χ4v) is 3.03. The molecule has 2 aromatic carbocycles. The molecule has 0 saturated carbocycles. The Morgan fingerprint density at radius 1 is 0.893 bits per heavy atom. The van der Waals surface area contributed by atoms with Gasteiger partial charge in [0.15, 0.2) is 0 Å². The molecule has 0 atom stereocenters. The van der Waals surface area contributed by atoms with Crippen LogP contribution in [0.4, 0.5) is 13.2 Å². The molecule has 140 valence electrons. The Morgan fingerprint density at radius 3 is 2.25 bits per heavy atom. The number of aromatic nitrogens is 3. The predicted octanol–water partition coefficient (Wildman–Crippen LogP) is 4.08. The quantitative estimate of drug-likeness (QED) is 0.579. The zero-order chi connectivity index (χ0) is 19.8. The summed E-state index contributed by atoms with van der Waals surface area (Å²) in [7, 11) is 1.31. The third-order valence-electron chi connectivity index (χ3n) is 4.22. The van der Waals surface area contributed by atoms with Crippen LogP contribution < -0.4 is 10.3 Å². The summed E-state index contributed by atoms with van der Waals surface area (Å²) in [6.07, 6.45) is 0. The van der Waals surface area contributed by atoms with E-state index in [4.69, 9.17) is 4.74 Å². The third kappa shape index (κ3) is 2.88. The molecule has 4 rings (SSSR count). The summed E-state index contributed by atoms with van der Waals surface area (Å²) in [5.74, 6) is -2.35. The first-order valence-electron chi connectivity index (χ1n) is 8.18. The number of hydrogen-bond acceptors (Lipinski definition) is 4. The lowest BCUT2D eigenvalue weighted by molar-refractivity contribution is 0.382. The van der Waals surface area contributed by atoms with Gasteiger partial charge in [0.2, 0.25) is 5.56 Å². The minimum Gasteiger partial charge on any atom is -0.467 e. The number of rotatable bonds is 3. The molecule has 0 fully saturated rings. The number of nitrogens with one attached hydrogen (secondary N) is 1. The molecule has 0 bridgehead atoms. The van der Waals surface area contributed by atoms with Crippen molar-refractivity contribution in [3.63, 3.8) is 0 Å². The van der Waals surface area contributed by atoms with Crippen LogP contribution in [-0.4, -0.2) is 22.1 Å². The third-order valence-corrected chi connectivity index (χ3v) is 4.22. The lowest BCUT2D eigenvalue weighted by atomic mass is 9.98. The summed E-state index contributed by atoms with van der Waals surface area (Å²) < 4.78 is 48.5. The number of methoxy groups -OCH3 is 1. The second kappa shape index (κ2) is 6.80. The summed E-state index contributed by atoms with van der Waals surface area (Å²) in [4.78, 5) is 22.9. The van der Waals surface area contributed by atoms with Gasteiger partial charge in [-0.15, -0.1) is 0 Å². The predicted molar refractivity (Wildman–Crippen MR) is 97.5 cm³/mol. The fraction of sp³-hybridized carbons (Fsp3) is 0.0500. The zero-order valence-electron chi connectivity index (χ0n) is 14.5. The number of nitrogens with zero attached hydrogens (tertiary/aromatic N) is 2. The van der Waals surface area contributed by atoms with Gasteiger partial charge in [0.25, 0.3) is 0 Å². The Labute approximate surface area is 156 Å². The minimum absolute atomic E-state index is 0.0322. The molecule has 0 aliphatic heterocycles. The van der Waals surface area contributed by atoms with E-state index in [0.717, 1.165) is 18.2 Å². The fourth-order valence-electron chi connectivity index (χ4n) is 3.03. The second-order valence-electron chi connectivity index (χ2n) is 5.91. The maximum Gasteiger partial charge on any atom is 0.318 e. The van der Waals surface area contributed by atoms with Crippen molar-refractivity contribution in [3.8, 4) is 28.4 Å². The molecule has 2 aromatic heterocycles. The lowest BCUT2D eigenvalue weighted by Gasteiger charge is -2.13. The summed E-state index contributed by atoms with van der Waals surface area (Å²) in [6.45, 7) is 0. The zero-order valence-corrected chi connectivity index (χ0v) is 14.5. The van der Waals surface area contributed by atoms with E-state index in [2.05, 4.69) is 15.0 Å². The molecule has 0 spiro atoms. The molecular weight excluding hydrogens is 371 g/mol. The van der Waals surface area contributed by atoms with E-state index >= 15 is 0 Å². The van der Waals surface area contributed by atoms with Gasteiger partial charge in [-0.25, -0.2) is 13.2 Å². The Morgan fingerprint density at radius 2 is 1.57 bits per heavy atom. The largest absolute Gasteiger partial charge is 0.467 e. The molecule has 0 saturated heterocycles. The summed E-state index contributed by atoms with van der Waals surface area (Å²) >= 11 is 0. The van der Waals surface area contributed by atoms with Gasteiger partial charge in [0.05, 0.1) is 23.8 Å². The van der Waals surface area contributed by atoms with Gasteiger partial charge >= 0.3 is 6.01 Å². The molecular formula is C20H12F3N3O2. The Bertz CT molecular complexity index is 1250. The summed E-state index contributed by atoms with van der Waals surface area (Å²) in [5.41, 5.74) is -1.08. The highest BCUT2D eigenvalue weighted by atomic mass is 19.1. The number of hydrogen-bond donors (Lipinski definition) is 1. The number of halogens is 3. The molecule has 5 nitrogen and oxygen atoms in total. The van der Waals surface area contributed by atoms with Crippen LogP contribution in [0.3, 0.4) is 0 Å². The maximum absolute atomic E-state index is 14.5. The van der Waals surface area contributed by atoms with Crippen molar-refractivity contribution in [2.24, 2.45) is 0 Å². The van der Waals surface area contributed by atoms with E-state index in [1.165, 1.54) is 31.4 Å². The SMILES string of the molecule is COc1nc(-c2ccccc2F)c2c(-c3c(F)cccc3F)cc(=O)[nH]c2n1. The highest BCUT2D eigenvalue weighted by molar-refractivity contribution is 6.02. The van der Waals surface area contributed by atoms with E-state index < -0.39 is 28.6 Å². The second-order valence-corrected chi connectivity index (χ2v) is 5.91. The van der Waals surface area contributed by atoms with Gasteiger partial charge in [0, 0.05) is 17.2 Å². The van der Waals surface area contributed by atoms with Gasteiger partial charge in [-0.1, -0.05) is 18.2 Å². The molecule has 4 aromatic rings. The first-order valence-corrected chi connectivity index (χ1v) is 8.18.